The van der Waals surface area contributed by atoms with Crippen molar-refractivity contribution in [1.29, 1.82) is 0 Å². The Morgan fingerprint density at radius 3 is 2.09 bits per heavy atom. The lowest BCUT2D eigenvalue weighted by Crippen LogP contribution is -2.56. The molecule has 2 rings (SSSR count). The van der Waals surface area contributed by atoms with Gasteiger partial charge in [0.05, 0.1) is 42.4 Å². The number of guanidine groups is 1. The number of hydrogen-bond donors (Lipinski definition) is 4. The van der Waals surface area contributed by atoms with Crippen molar-refractivity contribution < 1.29 is 56.2 Å². The standard InChI is InChI=1S/C48H83N9O12S/c1-16-32(4)41(56(13)45(62)40(31(2)3)51-46(54(9)10)55(11)12)37(66-14)29-39(59)57-26-20-24-36(57)42(67-15)33(5)43(60)50-35(28-34-22-18-17-19-23-34)44(61)53-70(64,65)27-21-25-49-38(58)30-68-52-47(63)69-48(6,7)8/h17-19,22-23,31-33,35-37,40-42H,16,20-21,24-30H2,1-15H3,(H,49,58)(H,50,60)(H,52,63)(H,53,61)/t32-,33+,35-,36-,37+,40-,41-,42+/m0/s1. The fraction of sp³-hybridized carbons (Fsp3) is 0.729. The van der Waals surface area contributed by atoms with Crippen molar-refractivity contribution in [3.05, 3.63) is 35.9 Å². The maximum atomic E-state index is 14.4. The number of carbonyl (C=O) groups excluding carboxylic acids is 6. The van der Waals surface area contributed by atoms with Gasteiger partial charge in [-0.1, -0.05) is 71.4 Å². The van der Waals surface area contributed by atoms with E-state index in [9.17, 15) is 37.2 Å². The van der Waals surface area contributed by atoms with Crippen LogP contribution < -0.4 is 20.8 Å². The quantitative estimate of drug-likeness (QED) is 0.0451. The van der Waals surface area contributed by atoms with Crippen LogP contribution in [0.25, 0.3) is 0 Å². The van der Waals surface area contributed by atoms with Crippen LogP contribution in [0.5, 0.6) is 0 Å². The maximum absolute atomic E-state index is 14.4. The van der Waals surface area contributed by atoms with Gasteiger partial charge in [0.25, 0.3) is 5.91 Å². The summed E-state index contributed by atoms with van der Waals surface area (Å²) in [5.74, 6) is -3.58. The Morgan fingerprint density at radius 1 is 0.914 bits per heavy atom. The van der Waals surface area contributed by atoms with E-state index in [4.69, 9.17) is 24.0 Å². The highest BCUT2D eigenvalue weighted by Gasteiger charge is 2.43. The summed E-state index contributed by atoms with van der Waals surface area (Å²) in [7, 11) is 7.98. The molecule has 6 amide bonds. The Kier molecular flexibility index (Phi) is 25.0. The molecule has 0 saturated carbocycles. The lowest BCUT2D eigenvalue weighted by Gasteiger charge is -2.40. The van der Waals surface area contributed by atoms with Crippen LogP contribution >= 0.6 is 0 Å². The summed E-state index contributed by atoms with van der Waals surface area (Å²) in [5.41, 5.74) is 1.87. The van der Waals surface area contributed by atoms with Crippen molar-refractivity contribution in [2.24, 2.45) is 22.7 Å². The molecule has 0 aliphatic carbocycles. The van der Waals surface area contributed by atoms with Crippen LogP contribution in [0.4, 0.5) is 4.79 Å². The zero-order valence-corrected chi connectivity index (χ0v) is 45.0. The van der Waals surface area contributed by atoms with Gasteiger partial charge in [0, 0.05) is 69.0 Å². The second-order valence-corrected chi connectivity index (χ2v) is 21.5. The minimum absolute atomic E-state index is 0.0385. The molecule has 1 fully saturated rings. The van der Waals surface area contributed by atoms with Crippen molar-refractivity contribution in [2.75, 3.05) is 74.9 Å². The molecule has 398 valence electrons. The van der Waals surface area contributed by atoms with Crippen LogP contribution in [-0.4, -0.2) is 186 Å². The van der Waals surface area contributed by atoms with E-state index in [1.54, 1.807) is 74.9 Å². The van der Waals surface area contributed by atoms with Gasteiger partial charge in [-0.25, -0.2) is 18.2 Å². The van der Waals surface area contributed by atoms with Gasteiger partial charge in [-0.3, -0.25) is 33.5 Å². The van der Waals surface area contributed by atoms with E-state index in [-0.39, 0.29) is 49.5 Å². The minimum Gasteiger partial charge on any atom is -0.442 e. The molecule has 1 aliphatic rings. The fourth-order valence-electron chi connectivity index (χ4n) is 8.40. The number of carbonyl (C=O) groups is 6. The van der Waals surface area contributed by atoms with Gasteiger partial charge in [0.1, 0.15) is 17.7 Å². The number of benzene rings is 1. The van der Waals surface area contributed by atoms with Crippen molar-refractivity contribution in [3.63, 3.8) is 0 Å². The molecule has 1 saturated heterocycles. The Labute approximate surface area is 416 Å². The van der Waals surface area contributed by atoms with Gasteiger partial charge in [-0.15, -0.1) is 0 Å². The lowest BCUT2D eigenvalue weighted by molar-refractivity contribution is -0.146. The number of methoxy groups -OCH3 is 2. The number of amides is 6. The first-order valence-corrected chi connectivity index (χ1v) is 25.6. The number of nitrogens with one attached hydrogen (secondary N) is 4. The molecule has 1 aromatic rings. The van der Waals surface area contributed by atoms with Crippen LogP contribution in [-0.2, 0) is 59.5 Å². The molecule has 1 heterocycles. The van der Waals surface area contributed by atoms with Crippen LogP contribution in [0.15, 0.2) is 35.3 Å². The minimum atomic E-state index is -4.24. The molecule has 22 heteroatoms. The summed E-state index contributed by atoms with van der Waals surface area (Å²) in [5, 5.41) is 5.22. The van der Waals surface area contributed by atoms with Gasteiger partial charge < -0.3 is 44.4 Å². The number of ether oxygens (including phenoxy) is 3. The van der Waals surface area contributed by atoms with Crippen LogP contribution in [0.2, 0.25) is 0 Å². The molecular formula is C48H83N9O12S. The molecule has 0 unspecified atom stereocenters. The number of aliphatic imine (C=N–C) groups is 1. The molecule has 21 nitrogen and oxygen atoms in total. The predicted octanol–water partition coefficient (Wildman–Crippen LogP) is 2.55. The van der Waals surface area contributed by atoms with Gasteiger partial charge >= 0.3 is 6.09 Å². The van der Waals surface area contributed by atoms with Crippen LogP contribution in [0.1, 0.15) is 93.1 Å². The first kappa shape index (κ1) is 61.1. The number of sulfonamides is 1. The first-order valence-electron chi connectivity index (χ1n) is 24.0. The topological polar surface area (TPSA) is 247 Å². The van der Waals surface area contributed by atoms with Crippen LogP contribution in [0.3, 0.4) is 0 Å². The Morgan fingerprint density at radius 2 is 1.54 bits per heavy atom. The summed E-state index contributed by atoms with van der Waals surface area (Å²) >= 11 is 0. The zero-order valence-electron chi connectivity index (χ0n) is 44.2. The second kappa shape index (κ2) is 28.7. The SMILES string of the molecule is CC[C@H](C)[C@@H]([C@@H](CC(=O)N1CCC[C@H]1[C@H](OC)[C@@H](C)C(=O)N[C@@H](Cc1ccccc1)C(=O)NS(=O)(=O)CCCNC(=O)CONC(=O)OC(C)(C)C)OC)N(C)C(=O)[C@@H](N=C(N(C)C)N(C)C)C(C)C. The van der Waals surface area contributed by atoms with E-state index >= 15 is 0 Å². The van der Waals surface area contributed by atoms with E-state index in [0.717, 1.165) is 0 Å². The van der Waals surface area contributed by atoms with Crippen molar-refractivity contribution >= 4 is 51.6 Å². The molecule has 1 aliphatic heterocycles. The Balaban J connectivity index is 2.23. The molecule has 0 bridgehead atoms. The van der Waals surface area contributed by atoms with E-state index in [1.807, 2.05) is 71.2 Å². The molecule has 8 atom stereocenters. The third kappa shape index (κ3) is 19.6. The van der Waals surface area contributed by atoms with Gasteiger partial charge in [-0.05, 0) is 57.4 Å². The Hall–Kier alpha value is -5.06. The third-order valence-corrected chi connectivity index (χ3v) is 13.4. The van der Waals surface area contributed by atoms with E-state index in [1.165, 1.54) is 14.2 Å². The van der Waals surface area contributed by atoms with Crippen molar-refractivity contribution in [2.45, 2.75) is 136 Å². The van der Waals surface area contributed by atoms with Crippen molar-refractivity contribution in [3.8, 4) is 0 Å². The average Bonchev–Trinajstić information content (AvgIpc) is 3.76. The van der Waals surface area contributed by atoms with E-state index < -0.39 is 94.1 Å². The highest BCUT2D eigenvalue weighted by Crippen LogP contribution is 2.30. The molecule has 70 heavy (non-hydrogen) atoms. The number of nitrogens with zero attached hydrogens (tertiary/aromatic N) is 5. The number of likely N-dealkylation sites (tertiary alicyclic amines) is 1. The van der Waals surface area contributed by atoms with E-state index in [2.05, 4.69) is 15.4 Å². The average molecular weight is 1010 g/mol. The molecule has 1 aromatic carbocycles. The second-order valence-electron chi connectivity index (χ2n) is 19.6. The monoisotopic (exact) mass is 1010 g/mol. The molecule has 4 N–H and O–H groups in total. The highest BCUT2D eigenvalue weighted by molar-refractivity contribution is 7.90. The van der Waals surface area contributed by atoms with Gasteiger partial charge in [0.15, 0.2) is 12.6 Å². The summed E-state index contributed by atoms with van der Waals surface area (Å²) in [6.07, 6.45) is -0.656. The van der Waals surface area contributed by atoms with Crippen molar-refractivity contribution in [1.82, 2.24) is 40.4 Å². The van der Waals surface area contributed by atoms with Gasteiger partial charge in [-0.2, -0.15) is 5.48 Å². The smallest absolute Gasteiger partial charge is 0.431 e. The normalized spacial score (nSPS) is 16.9. The predicted molar refractivity (Wildman–Crippen MR) is 267 cm³/mol. The van der Waals surface area contributed by atoms with E-state index in [0.29, 0.717) is 37.3 Å². The number of rotatable bonds is 26. The maximum Gasteiger partial charge on any atom is 0.431 e. The summed E-state index contributed by atoms with van der Waals surface area (Å²) < 4.78 is 45.3. The molecule has 0 aromatic heterocycles. The molecular weight excluding hydrogens is 927 g/mol. The summed E-state index contributed by atoms with van der Waals surface area (Å²) in [6.45, 7) is 14.3. The third-order valence-electron chi connectivity index (χ3n) is 12.0. The van der Waals surface area contributed by atoms with Crippen LogP contribution in [0, 0.1) is 17.8 Å². The highest BCUT2D eigenvalue weighted by atomic mass is 32.2. The zero-order chi connectivity index (χ0) is 53.1. The number of likely N-dealkylation sites (N-methyl/N-ethyl adjacent to an activating group) is 1. The number of hydroxylamine groups is 1. The fourth-order valence-corrected chi connectivity index (χ4v) is 9.47. The Bertz CT molecular complexity index is 1990. The summed E-state index contributed by atoms with van der Waals surface area (Å²) in [6, 6.07) is 5.77. The first-order chi connectivity index (χ1) is 32.7. The molecule has 0 spiro atoms. The summed E-state index contributed by atoms with van der Waals surface area (Å²) in [4.78, 5) is 97.2. The largest absolute Gasteiger partial charge is 0.442 e. The molecule has 0 radical (unpaired) electrons. The van der Waals surface area contributed by atoms with Gasteiger partial charge in [0.2, 0.25) is 33.7 Å². The lowest BCUT2D eigenvalue weighted by atomic mass is 9.89. The number of hydrogen-bond acceptors (Lipinski definition) is 13.